The van der Waals surface area contributed by atoms with Crippen molar-refractivity contribution in [1.82, 2.24) is 5.43 Å². The van der Waals surface area contributed by atoms with Crippen molar-refractivity contribution in [1.29, 1.82) is 0 Å². The lowest BCUT2D eigenvalue weighted by atomic mass is 10.1. The van der Waals surface area contributed by atoms with Gasteiger partial charge < -0.3 is 9.84 Å². The van der Waals surface area contributed by atoms with Gasteiger partial charge in [0.25, 0.3) is 5.91 Å². The number of nitrogens with one attached hydrogen (secondary N) is 1. The maximum Gasteiger partial charge on any atom is 0.277 e. The second-order valence-electron chi connectivity index (χ2n) is 5.13. The monoisotopic (exact) mass is 454 g/mol. The number of phenols is 1. The molecule has 2 rings (SSSR count). The zero-order valence-electron chi connectivity index (χ0n) is 13.1. The lowest BCUT2D eigenvalue weighted by Gasteiger charge is -2.10. The first-order valence-electron chi connectivity index (χ1n) is 7.07. The summed E-state index contributed by atoms with van der Waals surface area (Å²) in [7, 11) is 0. The van der Waals surface area contributed by atoms with Crippen LogP contribution in [0.1, 0.15) is 16.7 Å². The number of hydrogen-bond donors (Lipinski definition) is 2. The van der Waals surface area contributed by atoms with E-state index in [-0.39, 0.29) is 18.3 Å². The maximum atomic E-state index is 11.8. The predicted octanol–water partition coefficient (Wildman–Crippen LogP) is 4.06. The molecule has 1 amide bonds. The van der Waals surface area contributed by atoms with Gasteiger partial charge in [0.15, 0.2) is 6.61 Å². The Morgan fingerprint density at radius 2 is 1.96 bits per heavy atom. The molecule has 0 bridgehead atoms. The van der Waals surface area contributed by atoms with Crippen LogP contribution < -0.4 is 10.2 Å². The van der Waals surface area contributed by atoms with E-state index in [2.05, 4.69) is 42.4 Å². The summed E-state index contributed by atoms with van der Waals surface area (Å²) in [6.07, 6.45) is 1.36. The molecule has 2 N–H and O–H groups in total. The van der Waals surface area contributed by atoms with E-state index in [1.54, 1.807) is 12.1 Å². The summed E-state index contributed by atoms with van der Waals surface area (Å²) >= 11 is 6.56. The number of hydrazone groups is 1. The minimum absolute atomic E-state index is 0.0444. The van der Waals surface area contributed by atoms with Gasteiger partial charge in [0.1, 0.15) is 11.5 Å². The number of aryl methyl sites for hydroxylation is 2. The van der Waals surface area contributed by atoms with Crippen molar-refractivity contribution in [3.05, 3.63) is 56.0 Å². The fraction of sp³-hybridized carbons (Fsp3) is 0.176. The minimum Gasteiger partial charge on any atom is -0.506 e. The van der Waals surface area contributed by atoms with E-state index in [9.17, 15) is 9.90 Å². The number of ether oxygens (including phenoxy) is 1. The van der Waals surface area contributed by atoms with Gasteiger partial charge in [0, 0.05) is 10.0 Å². The molecule has 0 aliphatic heterocycles. The van der Waals surface area contributed by atoms with Crippen molar-refractivity contribution >= 4 is 44.0 Å². The van der Waals surface area contributed by atoms with Gasteiger partial charge in [-0.2, -0.15) is 5.10 Å². The summed E-state index contributed by atoms with van der Waals surface area (Å²) < 4.78 is 6.85. The molecular weight excluding hydrogens is 440 g/mol. The number of halogens is 2. The van der Waals surface area contributed by atoms with E-state index in [1.807, 2.05) is 32.0 Å². The van der Waals surface area contributed by atoms with E-state index in [1.165, 1.54) is 6.21 Å². The predicted molar refractivity (Wildman–Crippen MR) is 101 cm³/mol. The van der Waals surface area contributed by atoms with E-state index in [4.69, 9.17) is 4.74 Å². The lowest BCUT2D eigenvalue weighted by Crippen LogP contribution is -2.25. The highest BCUT2D eigenvalue weighted by Crippen LogP contribution is 2.30. The molecule has 0 radical (unpaired) electrons. The number of nitrogens with zero attached hydrogens (tertiary/aromatic N) is 1. The van der Waals surface area contributed by atoms with Crippen molar-refractivity contribution in [3.8, 4) is 11.5 Å². The Morgan fingerprint density at radius 1 is 1.29 bits per heavy atom. The second-order valence-corrected chi connectivity index (χ2v) is 6.90. The van der Waals surface area contributed by atoms with Crippen LogP contribution in [0.5, 0.6) is 11.5 Å². The van der Waals surface area contributed by atoms with Gasteiger partial charge in [-0.1, -0.05) is 34.1 Å². The van der Waals surface area contributed by atoms with Crippen molar-refractivity contribution < 1.29 is 14.6 Å². The first kappa shape index (κ1) is 18.5. The fourth-order valence-corrected chi connectivity index (χ4v) is 3.31. The van der Waals surface area contributed by atoms with Crippen molar-refractivity contribution in [2.75, 3.05) is 6.61 Å². The third-order valence-electron chi connectivity index (χ3n) is 3.21. The molecule has 5 nitrogen and oxygen atoms in total. The summed E-state index contributed by atoms with van der Waals surface area (Å²) in [5, 5.41) is 13.7. The van der Waals surface area contributed by atoms with Gasteiger partial charge in [0.05, 0.1) is 10.7 Å². The average molecular weight is 456 g/mol. The number of amides is 1. The van der Waals surface area contributed by atoms with Crippen LogP contribution in [0.4, 0.5) is 0 Å². The number of rotatable bonds is 5. The Bertz CT molecular complexity index is 771. The molecule has 0 saturated carbocycles. The smallest absolute Gasteiger partial charge is 0.277 e. The SMILES string of the molecule is Cc1cccc(C)c1OCC(=O)N/N=C/c1cc(Br)cc(Br)c1O. The highest BCUT2D eigenvalue weighted by atomic mass is 79.9. The van der Waals surface area contributed by atoms with Crippen molar-refractivity contribution in [2.24, 2.45) is 5.10 Å². The van der Waals surface area contributed by atoms with Crippen molar-refractivity contribution in [2.45, 2.75) is 13.8 Å². The number of para-hydroxylation sites is 1. The summed E-state index contributed by atoms with van der Waals surface area (Å²) in [6, 6.07) is 9.18. The highest BCUT2D eigenvalue weighted by Gasteiger charge is 2.08. The Labute approximate surface area is 157 Å². The van der Waals surface area contributed by atoms with Gasteiger partial charge in [-0.3, -0.25) is 4.79 Å². The van der Waals surface area contributed by atoms with Gasteiger partial charge in [-0.05, 0) is 53.0 Å². The molecule has 0 fully saturated rings. The molecule has 0 aromatic heterocycles. The van der Waals surface area contributed by atoms with Gasteiger partial charge in [-0.15, -0.1) is 0 Å². The van der Waals surface area contributed by atoms with E-state index >= 15 is 0 Å². The molecule has 0 aliphatic rings. The van der Waals surface area contributed by atoms with Crippen LogP contribution >= 0.6 is 31.9 Å². The molecule has 0 aliphatic carbocycles. The first-order valence-corrected chi connectivity index (χ1v) is 8.66. The molecule has 0 unspecified atom stereocenters. The number of hydrogen-bond acceptors (Lipinski definition) is 4. The van der Waals surface area contributed by atoms with Gasteiger partial charge >= 0.3 is 0 Å². The molecular formula is C17H16Br2N2O3. The Hall–Kier alpha value is -1.86. The second kappa shape index (κ2) is 8.30. The fourth-order valence-electron chi connectivity index (χ4n) is 2.05. The lowest BCUT2D eigenvalue weighted by molar-refractivity contribution is -0.123. The summed E-state index contributed by atoms with van der Waals surface area (Å²) in [6.45, 7) is 3.70. The topological polar surface area (TPSA) is 70.9 Å². The zero-order chi connectivity index (χ0) is 17.7. The Balaban J connectivity index is 1.94. The molecule has 24 heavy (non-hydrogen) atoms. The number of benzene rings is 2. The molecule has 0 atom stereocenters. The third kappa shape index (κ3) is 4.82. The van der Waals surface area contributed by atoms with Gasteiger partial charge in [-0.25, -0.2) is 5.43 Å². The minimum atomic E-state index is -0.387. The van der Waals surface area contributed by atoms with Crippen LogP contribution in [-0.2, 0) is 4.79 Å². The quantitative estimate of drug-likeness (QED) is 0.527. The van der Waals surface area contributed by atoms with Crippen LogP contribution in [-0.4, -0.2) is 23.8 Å². The summed E-state index contributed by atoms with van der Waals surface area (Å²) in [4.78, 5) is 11.8. The standard InChI is InChI=1S/C17H16Br2N2O3/c1-10-4-3-5-11(2)17(10)24-9-15(22)21-20-8-12-6-13(18)7-14(19)16(12)23/h3-8,23H,9H2,1-2H3,(H,21,22)/b20-8+. The average Bonchev–Trinajstić information content (AvgIpc) is 2.51. The molecule has 126 valence electrons. The molecule has 2 aromatic rings. The van der Waals surface area contributed by atoms with Crippen LogP contribution in [0.15, 0.2) is 44.4 Å². The van der Waals surface area contributed by atoms with Crippen LogP contribution in [0.2, 0.25) is 0 Å². The highest BCUT2D eigenvalue weighted by molar-refractivity contribution is 9.11. The van der Waals surface area contributed by atoms with E-state index < -0.39 is 0 Å². The molecule has 0 spiro atoms. The van der Waals surface area contributed by atoms with Crippen molar-refractivity contribution in [3.63, 3.8) is 0 Å². The first-order chi connectivity index (χ1) is 11.4. The zero-order valence-corrected chi connectivity index (χ0v) is 16.3. The van der Waals surface area contributed by atoms with E-state index in [0.717, 1.165) is 15.6 Å². The Kier molecular flexibility index (Phi) is 6.39. The largest absolute Gasteiger partial charge is 0.506 e. The summed E-state index contributed by atoms with van der Waals surface area (Å²) in [5.41, 5.74) is 4.77. The molecule has 0 saturated heterocycles. The Morgan fingerprint density at radius 3 is 2.62 bits per heavy atom. The molecule has 0 heterocycles. The number of carbonyl (C=O) groups excluding carboxylic acids is 1. The van der Waals surface area contributed by atoms with Crippen LogP contribution in [0, 0.1) is 13.8 Å². The third-order valence-corrected chi connectivity index (χ3v) is 4.27. The number of phenolic OH excluding ortho intramolecular Hbond substituents is 1. The van der Waals surface area contributed by atoms with Crippen LogP contribution in [0.25, 0.3) is 0 Å². The number of aromatic hydroxyl groups is 1. The van der Waals surface area contributed by atoms with Gasteiger partial charge in [0.2, 0.25) is 0 Å². The normalized spacial score (nSPS) is 10.8. The maximum absolute atomic E-state index is 11.8. The number of carbonyl (C=O) groups is 1. The molecule has 7 heteroatoms. The molecule has 2 aromatic carbocycles. The van der Waals surface area contributed by atoms with E-state index in [0.29, 0.717) is 15.8 Å². The van der Waals surface area contributed by atoms with Crippen LogP contribution in [0.3, 0.4) is 0 Å². The summed E-state index contributed by atoms with van der Waals surface area (Å²) in [5.74, 6) is 0.357.